The van der Waals surface area contributed by atoms with E-state index in [0.717, 1.165) is 109 Å². The van der Waals surface area contributed by atoms with E-state index < -0.39 is 24.5 Å². The van der Waals surface area contributed by atoms with Crippen LogP contribution in [0.3, 0.4) is 0 Å². The zero-order valence-electron chi connectivity index (χ0n) is 60.1. The Morgan fingerprint density at radius 3 is 1.07 bits per heavy atom. The lowest BCUT2D eigenvalue weighted by molar-refractivity contribution is -0.147. The van der Waals surface area contributed by atoms with Crippen molar-refractivity contribution in [2.24, 2.45) is 0 Å². The van der Waals surface area contributed by atoms with E-state index in [1.54, 1.807) is 52.0 Å². The number of ether oxygens (including phenoxy) is 10. The number of carbonyl (C=O) groups excluding carboxylic acids is 4. The first-order valence-corrected chi connectivity index (χ1v) is 36.8. The maximum Gasteiger partial charge on any atom is 0.339 e. The average Bonchev–Trinajstić information content (AvgIpc) is 0.804. The third-order valence-corrected chi connectivity index (χ3v) is 18.8. The summed E-state index contributed by atoms with van der Waals surface area (Å²) in [7, 11) is 0. The van der Waals surface area contributed by atoms with Crippen LogP contribution in [0.4, 0.5) is 0 Å². The van der Waals surface area contributed by atoms with Crippen LogP contribution < -0.4 is 0 Å². The Morgan fingerprint density at radius 2 is 0.661 bits per heavy atom. The van der Waals surface area contributed by atoms with Gasteiger partial charge in [-0.2, -0.15) is 0 Å². The van der Waals surface area contributed by atoms with Crippen molar-refractivity contribution in [3.8, 4) is 33.4 Å². The van der Waals surface area contributed by atoms with Gasteiger partial charge in [-0.25, -0.2) is 34.1 Å². The average molecular weight is 1570 g/mol. The van der Waals surface area contributed by atoms with Gasteiger partial charge in [-0.1, -0.05) is 177 Å². The Labute approximate surface area is 647 Å². The minimum atomic E-state index is -0.620. The molecule has 16 rings (SSSR count). The van der Waals surface area contributed by atoms with E-state index >= 15 is 0 Å². The molecule has 6 heterocycles. The zero-order chi connectivity index (χ0) is 74.7. The van der Waals surface area contributed by atoms with Gasteiger partial charge in [-0.15, -0.1) is 0 Å². The Kier molecular flexibility index (Phi) is 26.7. The second-order valence-corrected chi connectivity index (χ2v) is 26.3. The molecule has 3 aliphatic heterocycles. The SMILES string of the molecule is C.CCOC(=O)c1ccccc1-c1cc(COC2OCc3cc4ccccc4nc32)cc(-c2ccccc2C(=O)OCC)c1.CCOC(=O)c1ccccc1-c1cccc(COC2OCc3cc4ccccc4nc32)c1.CCOC(=O)c1ccccc1I.c1ccc(COC2OCc3cc4ccccc4nc32)cc1. The summed E-state index contributed by atoms with van der Waals surface area (Å²) in [6.45, 7) is 11.0. The number of benzene rings is 10. The van der Waals surface area contributed by atoms with Gasteiger partial charge in [-0.3, -0.25) is 0 Å². The van der Waals surface area contributed by atoms with E-state index in [4.69, 9.17) is 62.3 Å². The quantitative estimate of drug-likeness (QED) is 0.0396. The van der Waals surface area contributed by atoms with Gasteiger partial charge in [0, 0.05) is 36.4 Å². The number of fused-ring (bicyclic) bond motifs is 6. The number of nitrogens with zero attached hydrogens (tertiary/aromatic N) is 3. The third kappa shape index (κ3) is 19.0. The topological polar surface area (TPSA) is 199 Å². The standard InChI is InChI=1S/C36H31NO6.C27H23NO4.C18H15NO2.C9H9IO2.CH4/c1-3-40-34(38)30-14-8-6-12-28(30)25-17-23(18-26(20-25)29-13-7-9-15-31(29)35(39)41-4-2)21-42-36-33-27(22-43-36)19-24-11-5-10-16-32(24)37-33;1-2-30-26(29)23-12-5-4-11-22(23)19-10-7-8-18(14-19)16-31-27-25-21(17-32-27)15-20-9-3-6-13-24(20)28-25;1-2-6-13(7-3-1)11-20-18-17-15(12-21-18)10-14-8-4-5-9-16(14)19-17;1-2-12-9(11)7-5-3-4-6-8(7)10;/h5-20,36H,3-4,21-22H2,1-2H3;3-15,27H,2,16-17H2,1H3;1-10,18H,11-12H2;3-6H,2H2,1H3;1H4. The first kappa shape index (κ1) is 77.4. The fourth-order valence-corrected chi connectivity index (χ4v) is 13.4. The van der Waals surface area contributed by atoms with Gasteiger partial charge >= 0.3 is 23.9 Å². The van der Waals surface area contributed by atoms with Crippen molar-refractivity contribution in [3.63, 3.8) is 0 Å². The molecular formula is C91H82IN3O14. The van der Waals surface area contributed by atoms with Crippen LogP contribution >= 0.6 is 22.6 Å². The first-order valence-electron chi connectivity index (χ1n) is 35.8. The van der Waals surface area contributed by atoms with Gasteiger partial charge in [-0.05, 0) is 191 Å². The predicted molar refractivity (Wildman–Crippen MR) is 428 cm³/mol. The smallest absolute Gasteiger partial charge is 0.339 e. The fourth-order valence-electron chi connectivity index (χ4n) is 12.8. The molecule has 18 heteroatoms. The lowest BCUT2D eigenvalue weighted by atomic mass is 9.92. The molecule has 3 unspecified atom stereocenters. The van der Waals surface area contributed by atoms with Crippen molar-refractivity contribution in [2.75, 3.05) is 26.4 Å². The predicted octanol–water partition coefficient (Wildman–Crippen LogP) is 20.6. The molecule has 0 bridgehead atoms. The van der Waals surface area contributed by atoms with E-state index in [1.807, 2.05) is 206 Å². The van der Waals surface area contributed by atoms with E-state index in [0.29, 0.717) is 79.6 Å². The number of aromatic nitrogens is 3. The van der Waals surface area contributed by atoms with Crippen molar-refractivity contribution in [2.45, 2.75) is 93.6 Å². The molecule has 3 aliphatic rings. The van der Waals surface area contributed by atoms with Crippen LogP contribution in [-0.2, 0) is 87.0 Å². The number of pyridine rings is 3. The number of para-hydroxylation sites is 3. The molecule has 109 heavy (non-hydrogen) atoms. The van der Waals surface area contributed by atoms with Crippen LogP contribution in [0.15, 0.2) is 261 Å². The molecular weight excluding hydrogens is 1490 g/mol. The lowest BCUT2D eigenvalue weighted by Gasteiger charge is -2.17. The van der Waals surface area contributed by atoms with E-state index in [1.165, 1.54) is 0 Å². The number of esters is 4. The van der Waals surface area contributed by atoms with Crippen LogP contribution in [0.1, 0.15) is 146 Å². The maximum atomic E-state index is 12.9. The summed E-state index contributed by atoms with van der Waals surface area (Å²) in [5, 5.41) is 3.30. The van der Waals surface area contributed by atoms with Gasteiger partial charge in [0.25, 0.3) is 0 Å². The van der Waals surface area contributed by atoms with Crippen molar-refractivity contribution in [1.82, 2.24) is 15.0 Å². The molecule has 3 aromatic heterocycles. The first-order chi connectivity index (χ1) is 52.9. The summed E-state index contributed by atoms with van der Waals surface area (Å²) in [5.74, 6) is -1.37. The summed E-state index contributed by atoms with van der Waals surface area (Å²) >= 11 is 2.11. The highest BCUT2D eigenvalue weighted by Gasteiger charge is 2.30. The van der Waals surface area contributed by atoms with Crippen LogP contribution in [0.2, 0.25) is 0 Å². The molecule has 0 saturated heterocycles. The Hall–Kier alpha value is -11.2. The molecule has 10 aromatic carbocycles. The molecule has 3 atom stereocenters. The van der Waals surface area contributed by atoms with Crippen LogP contribution in [0, 0.1) is 3.57 Å². The van der Waals surface area contributed by atoms with Gasteiger partial charge in [0.15, 0.2) is 0 Å². The highest BCUT2D eigenvalue weighted by atomic mass is 127. The number of halogens is 1. The lowest BCUT2D eigenvalue weighted by Crippen LogP contribution is -2.08. The molecule has 0 fully saturated rings. The molecule has 0 saturated carbocycles. The Morgan fingerprint density at radius 1 is 0.339 bits per heavy atom. The monoisotopic (exact) mass is 1570 g/mol. The maximum absolute atomic E-state index is 12.9. The second kappa shape index (κ2) is 37.6. The summed E-state index contributed by atoms with van der Waals surface area (Å²) in [5.41, 5.74) is 18.3. The highest BCUT2D eigenvalue weighted by Crippen LogP contribution is 2.39. The van der Waals surface area contributed by atoms with Gasteiger partial charge in [0.1, 0.15) is 17.1 Å². The summed E-state index contributed by atoms with van der Waals surface area (Å²) < 4.78 is 57.6. The van der Waals surface area contributed by atoms with E-state index in [2.05, 4.69) is 52.9 Å². The number of hydrogen-bond acceptors (Lipinski definition) is 17. The summed E-state index contributed by atoms with van der Waals surface area (Å²) in [6.07, 6.45) is -1.49. The van der Waals surface area contributed by atoms with Crippen molar-refractivity contribution in [3.05, 3.63) is 337 Å². The van der Waals surface area contributed by atoms with Crippen molar-refractivity contribution in [1.29, 1.82) is 0 Å². The van der Waals surface area contributed by atoms with Crippen LogP contribution in [0.25, 0.3) is 66.1 Å². The molecule has 13 aromatic rings. The molecule has 17 nitrogen and oxygen atoms in total. The molecule has 0 amide bonds. The normalized spacial score (nSPS) is 14.2. The minimum absolute atomic E-state index is 0. The number of hydrogen-bond donors (Lipinski definition) is 0. The number of rotatable bonds is 20. The van der Waals surface area contributed by atoms with Crippen molar-refractivity contribution >= 4 is 79.2 Å². The number of carbonyl (C=O) groups is 4. The molecule has 0 radical (unpaired) electrons. The van der Waals surface area contributed by atoms with Gasteiger partial charge in [0.05, 0.1) is 105 Å². The van der Waals surface area contributed by atoms with Crippen LogP contribution in [-0.4, -0.2) is 65.3 Å². The fraction of sp³-hybridized carbons (Fsp3) is 0.198. The summed E-state index contributed by atoms with van der Waals surface area (Å²) in [4.78, 5) is 63.6. The Balaban J connectivity index is 0.000000147. The molecule has 0 aliphatic carbocycles. The molecule has 0 spiro atoms. The van der Waals surface area contributed by atoms with Gasteiger partial charge < -0.3 is 47.4 Å². The van der Waals surface area contributed by atoms with E-state index in [9.17, 15) is 19.2 Å². The van der Waals surface area contributed by atoms with E-state index in [-0.39, 0.29) is 45.5 Å². The second-order valence-electron chi connectivity index (χ2n) is 25.1. The molecule has 552 valence electrons. The highest BCUT2D eigenvalue weighted by molar-refractivity contribution is 14.1. The molecule has 0 N–H and O–H groups in total. The van der Waals surface area contributed by atoms with Gasteiger partial charge in [0.2, 0.25) is 18.9 Å². The third-order valence-electron chi connectivity index (χ3n) is 17.9. The largest absolute Gasteiger partial charge is 0.462 e. The summed E-state index contributed by atoms with van der Waals surface area (Å²) in [6, 6.07) is 84.0. The van der Waals surface area contributed by atoms with Crippen molar-refractivity contribution < 1.29 is 66.5 Å². The Bertz CT molecular complexity index is 5290. The minimum Gasteiger partial charge on any atom is -0.462 e. The zero-order valence-corrected chi connectivity index (χ0v) is 62.2. The van der Waals surface area contributed by atoms with Crippen LogP contribution in [0.5, 0.6) is 0 Å².